The van der Waals surface area contributed by atoms with E-state index in [4.69, 9.17) is 79.1 Å². The Bertz CT molecular complexity index is 2920. The van der Waals surface area contributed by atoms with Gasteiger partial charge in [0, 0.05) is 86.8 Å². The van der Waals surface area contributed by atoms with Gasteiger partial charge in [-0.1, -0.05) is 141 Å². The number of phosphoric acid groups is 1. The number of carbonyl (C=O) groups excluding carboxylic acids is 2. The van der Waals surface area contributed by atoms with Crippen molar-refractivity contribution in [3.63, 3.8) is 0 Å². The van der Waals surface area contributed by atoms with E-state index in [1.54, 1.807) is 0 Å². The van der Waals surface area contributed by atoms with Crippen molar-refractivity contribution in [2.75, 3.05) is 26.4 Å². The van der Waals surface area contributed by atoms with Crippen molar-refractivity contribution in [3.8, 4) is 0 Å². The van der Waals surface area contributed by atoms with Gasteiger partial charge >= 0.3 is 19.8 Å². The van der Waals surface area contributed by atoms with Crippen LogP contribution in [0.5, 0.6) is 0 Å². The van der Waals surface area contributed by atoms with Crippen molar-refractivity contribution in [2.24, 2.45) is 0 Å². The first-order chi connectivity index (χ1) is 42.1. The summed E-state index contributed by atoms with van der Waals surface area (Å²) in [5.41, 5.74) is 0. The van der Waals surface area contributed by atoms with Crippen LogP contribution in [-0.4, -0.2) is 65.7 Å². The Morgan fingerprint density at radius 3 is 1.49 bits per heavy atom. The summed E-state index contributed by atoms with van der Waals surface area (Å²) in [5.74, 6) is -6.15. The monoisotopic (exact) mass is 721 g/mol. The predicted molar refractivity (Wildman–Crippen MR) is 178 cm³/mol. The van der Waals surface area contributed by atoms with Gasteiger partial charge in [0.25, 0.3) is 0 Å². The van der Waals surface area contributed by atoms with Gasteiger partial charge in [0.05, 0.1) is 19.8 Å². The molecule has 0 amide bonds. The summed E-state index contributed by atoms with van der Waals surface area (Å²) in [6.07, 6.45) is -130. The molecule has 0 aliphatic carbocycles. The molecule has 45 heavy (non-hydrogen) atoms. The molecule has 268 valence electrons. The summed E-state index contributed by atoms with van der Waals surface area (Å²) in [6.45, 7) is -15.5. The Balaban J connectivity index is 8.07. The fourth-order valence-electron chi connectivity index (χ4n) is 1.68. The second kappa shape index (κ2) is 31.6. The maximum atomic E-state index is 13.8. The third-order valence-corrected chi connectivity index (χ3v) is 4.27. The normalized spacial score (nSPS) is 40.2. The fourth-order valence-corrected chi connectivity index (χ4v) is 2.47. The summed E-state index contributed by atoms with van der Waals surface area (Å²) in [7, 11) is -5.87. The van der Waals surface area contributed by atoms with Gasteiger partial charge in [0.1, 0.15) is 12.7 Å². The van der Waals surface area contributed by atoms with Crippen molar-refractivity contribution in [1.82, 2.24) is 0 Å². The van der Waals surface area contributed by atoms with Crippen molar-refractivity contribution < 1.29 is 122 Å². The second-order valence-electron chi connectivity index (χ2n) is 6.52. The van der Waals surface area contributed by atoms with Gasteiger partial charge in [-0.15, -0.1) is 0 Å². The van der Waals surface area contributed by atoms with Crippen molar-refractivity contribution in [1.29, 1.82) is 0 Å². The molecule has 10 nitrogen and oxygen atoms in total. The minimum absolute atomic E-state index is 1.24. The summed E-state index contributed by atoms with van der Waals surface area (Å²) in [6, 6.07) is 0. The number of aliphatic hydroxyl groups is 2. The van der Waals surface area contributed by atoms with E-state index in [0.29, 0.717) is 0 Å². The number of aliphatic hydroxyl groups excluding tert-OH is 2. The lowest BCUT2D eigenvalue weighted by molar-refractivity contribution is -0.161. The Morgan fingerprint density at radius 2 is 1.04 bits per heavy atom. The van der Waals surface area contributed by atoms with Crippen LogP contribution in [-0.2, 0) is 32.7 Å². The van der Waals surface area contributed by atoms with E-state index in [2.05, 4.69) is 18.5 Å². The molecule has 0 aromatic rings. The van der Waals surface area contributed by atoms with Gasteiger partial charge in [-0.3, -0.25) is 18.6 Å². The maximum Gasteiger partial charge on any atom is 0.472 e. The molecule has 2 unspecified atom stereocenters. The number of phosphoric ester groups is 1. The van der Waals surface area contributed by atoms with E-state index in [-0.39, 0.29) is 0 Å². The van der Waals surface area contributed by atoms with E-state index >= 15 is 0 Å². The summed E-state index contributed by atoms with van der Waals surface area (Å²) >= 11 is 0. The molecule has 0 rings (SSSR count). The molecule has 0 aromatic heterocycles. The zero-order valence-corrected chi connectivity index (χ0v) is 23.5. The molecule has 3 atom stereocenters. The van der Waals surface area contributed by atoms with Gasteiger partial charge in [-0.25, -0.2) is 4.57 Å². The molecule has 0 saturated heterocycles. The third kappa shape index (κ3) is 31.3. The first-order valence-corrected chi connectivity index (χ1v) is 12.9. The van der Waals surface area contributed by atoms with Crippen LogP contribution in [0.25, 0.3) is 0 Å². The summed E-state index contributed by atoms with van der Waals surface area (Å²) in [4.78, 5) is 37.6. The Labute approximate surface area is 349 Å². The molecule has 11 heteroatoms. The molecular formula is C34H67O10P. The fraction of sp³-hybridized carbons (Fsp3) is 0.941. The SMILES string of the molecule is [2H]C([2H])([2H])C([2H])([2H])C([2H])([2H])C([2H])([2H])C([2H])([2H])C([2H])([2H])C([2H])([2H])C([2H])([2H])C([2H])([2H])C([2H])([2H])C([2H])([2H])C([2H])([2H])C([2H])([2H])C(=O)OC[C@H](COP(=O)(O)OCC(O)CO)OC(=O)C([2H])([2H])C([2H])([2H])C([2H])([2H])C([2H])([2H])C([2H])([2H])C([2H])([2H])C([2H])([2H])C([2H])([2H])C([2H])([2H])C([2H])([2H])C([2H])([2H])C([2H])([2H])C([2H])([2H])[2H]. The Hall–Kier alpha value is -1.03. The minimum Gasteiger partial charge on any atom is -0.462 e. The smallest absolute Gasteiger partial charge is 0.462 e. The van der Waals surface area contributed by atoms with Crippen LogP contribution in [0.1, 0.15) is 241 Å². The average molecular weight is 721 g/mol. The Morgan fingerprint density at radius 1 is 0.644 bits per heavy atom. The van der Waals surface area contributed by atoms with Crippen LogP contribution in [0.15, 0.2) is 0 Å². The van der Waals surface area contributed by atoms with Gasteiger partial charge in [0.2, 0.25) is 0 Å². The molecular weight excluding hydrogens is 599 g/mol. The molecule has 0 bridgehead atoms. The van der Waals surface area contributed by atoms with Crippen LogP contribution in [0, 0.1) is 0 Å². The molecule has 0 aromatic carbocycles. The molecule has 0 saturated carbocycles. The maximum absolute atomic E-state index is 13.8. The van der Waals surface area contributed by atoms with Crippen molar-refractivity contribution in [3.05, 3.63) is 0 Å². The van der Waals surface area contributed by atoms with E-state index in [0.717, 1.165) is 0 Å². The zero-order valence-electron chi connectivity index (χ0n) is 76.6. The van der Waals surface area contributed by atoms with E-state index in [1.807, 2.05) is 0 Å². The van der Waals surface area contributed by atoms with Crippen molar-refractivity contribution in [2.45, 2.75) is 179 Å². The second-order valence-corrected chi connectivity index (χ2v) is 7.98. The topological polar surface area (TPSA) is 149 Å². The quantitative estimate of drug-likeness (QED) is 0.0438. The largest absolute Gasteiger partial charge is 0.472 e. The average Bonchev–Trinajstić information content (AvgIpc) is 0.686. The highest BCUT2D eigenvalue weighted by molar-refractivity contribution is 7.47. The van der Waals surface area contributed by atoms with Gasteiger partial charge in [0.15, 0.2) is 6.10 Å². The number of carbonyl (C=O) groups is 2. The van der Waals surface area contributed by atoms with Crippen LogP contribution < -0.4 is 0 Å². The van der Waals surface area contributed by atoms with E-state index < -0.39 is 225 Å². The zero-order chi connectivity index (χ0) is 81.5. The highest BCUT2D eigenvalue weighted by atomic mass is 31.2. The van der Waals surface area contributed by atoms with Gasteiger partial charge in [-0.2, -0.15) is 0 Å². The number of rotatable bonds is 34. The standard InChI is InChI=1S/C34H67O10P/c1-3-5-7-9-11-13-15-17-19-21-23-25-33(37)41-29-32(30-43-45(39,40)42-28-31(36)27-35)44-34(38)26-24-22-20-18-16-14-12-10-8-6-4-2/h31-32,35-36H,3-30H2,1-2H3,(H,39,40)/t31?,32-/m1/s1/i1D3,2D3,3D2,4D2,5D2,6D2,7D2,8D2,9D2,10D2,11D2,12D2,13D2,14D2,15D2,16D2,17D2,18D2,19D2,20D2,21D2,22D2,23D2,24D2,25D2,26D2. The van der Waals surface area contributed by atoms with Crippen LogP contribution in [0.4, 0.5) is 0 Å². The number of hydrogen-bond donors (Lipinski definition) is 3. The van der Waals surface area contributed by atoms with Gasteiger partial charge in [-0.05, 0) is 12.7 Å². The first kappa shape index (κ1) is 8.63. The highest BCUT2D eigenvalue weighted by Crippen LogP contribution is 2.43. The third-order valence-electron chi connectivity index (χ3n) is 3.32. The molecule has 0 spiro atoms. The van der Waals surface area contributed by atoms with Crippen LogP contribution in [0.3, 0.4) is 0 Å². The molecule has 0 fully saturated rings. The molecule has 3 N–H and O–H groups in total. The number of esters is 2. The van der Waals surface area contributed by atoms with Crippen molar-refractivity contribution >= 4 is 19.8 Å². The van der Waals surface area contributed by atoms with Gasteiger partial charge < -0.3 is 24.6 Å². The van der Waals surface area contributed by atoms with Crippen LogP contribution >= 0.6 is 7.82 Å². The molecule has 0 aliphatic heterocycles. The van der Waals surface area contributed by atoms with Crippen LogP contribution in [0.2, 0.25) is 0 Å². The molecule has 0 radical (unpaired) electrons. The minimum atomic E-state index is -5.87. The molecule has 0 aliphatic rings. The lowest BCUT2D eigenvalue weighted by atomic mass is 10.1. The first-order valence-electron chi connectivity index (χ1n) is 38.4. The lowest BCUT2D eigenvalue weighted by Crippen LogP contribution is -2.29. The lowest BCUT2D eigenvalue weighted by Gasteiger charge is -2.20. The highest BCUT2D eigenvalue weighted by Gasteiger charge is 2.27. The predicted octanol–water partition coefficient (Wildman–Crippen LogP) is 8.33. The number of hydrogen-bond acceptors (Lipinski definition) is 9. The summed E-state index contributed by atoms with van der Waals surface area (Å²) < 4.78 is 469. The van der Waals surface area contributed by atoms with E-state index in [9.17, 15) is 24.2 Å². The summed E-state index contributed by atoms with van der Waals surface area (Å²) in [5, 5.41) is 18.6. The van der Waals surface area contributed by atoms with E-state index in [1.165, 1.54) is 0 Å². The number of ether oxygens (including phenoxy) is 2. The Kier molecular flexibility index (Phi) is 6.06. The molecule has 0 heterocycles.